The summed E-state index contributed by atoms with van der Waals surface area (Å²) in [6.07, 6.45) is -3.11. The van der Waals surface area contributed by atoms with Crippen molar-refractivity contribution in [1.29, 1.82) is 0 Å². The number of anilines is 3. The second-order valence-electron chi connectivity index (χ2n) is 13.9. The van der Waals surface area contributed by atoms with Crippen LogP contribution < -0.4 is 26.0 Å². The number of nitrogens with one attached hydrogen (secondary N) is 3. The molecule has 2 fully saturated rings. The Morgan fingerprint density at radius 1 is 0.966 bits per heavy atom. The maximum absolute atomic E-state index is 13.0. The first-order valence-corrected chi connectivity index (χ1v) is 20.0. The number of carbonyl (C=O) groups is 1. The zero-order valence-corrected chi connectivity index (χ0v) is 31.7. The van der Waals surface area contributed by atoms with Crippen molar-refractivity contribution in [3.63, 3.8) is 0 Å². The number of ether oxygens (including phenoxy) is 1. The lowest BCUT2D eigenvalue weighted by atomic mass is 9.91. The van der Waals surface area contributed by atoms with E-state index >= 15 is 0 Å². The number of rotatable bonds is 13. The van der Waals surface area contributed by atoms with E-state index in [2.05, 4.69) is 60.6 Å². The average Bonchev–Trinajstić information content (AvgIpc) is 4.03. The zero-order chi connectivity index (χ0) is 40.4. The molecule has 0 aliphatic carbocycles. The number of nitrogens with two attached hydrogens (primary N) is 1. The summed E-state index contributed by atoms with van der Waals surface area (Å²) in [4.78, 5) is 30.5. The molecular formula is C37H41N13O7S. The highest BCUT2D eigenvalue weighted by Crippen LogP contribution is 2.39. The molecule has 302 valence electrons. The summed E-state index contributed by atoms with van der Waals surface area (Å²) >= 11 is 0. The molecule has 5 atom stereocenters. The molecular weight excluding hydrogens is 771 g/mol. The smallest absolute Gasteiger partial charge is 0.319 e. The van der Waals surface area contributed by atoms with E-state index in [9.17, 15) is 28.5 Å². The van der Waals surface area contributed by atoms with Crippen molar-refractivity contribution >= 4 is 44.7 Å². The minimum absolute atomic E-state index is 0.0395. The molecule has 1 unspecified atom stereocenters. The number of sulfonamides is 1. The fourth-order valence-corrected chi connectivity index (χ4v) is 7.67. The molecule has 0 radical (unpaired) electrons. The first-order valence-electron chi connectivity index (χ1n) is 18.5. The van der Waals surface area contributed by atoms with Crippen LogP contribution in [0, 0.1) is 0 Å². The van der Waals surface area contributed by atoms with Crippen LogP contribution in [-0.4, -0.2) is 114 Å². The number of benzene rings is 3. The fraction of sp³-hybridized carbons (Fsp3) is 0.324. The first-order chi connectivity index (χ1) is 28.1. The van der Waals surface area contributed by atoms with Crippen LogP contribution in [0.1, 0.15) is 41.6 Å². The van der Waals surface area contributed by atoms with Gasteiger partial charge in [0, 0.05) is 37.3 Å². The summed E-state index contributed by atoms with van der Waals surface area (Å²) in [7, 11) is -3.88. The monoisotopic (exact) mass is 811 g/mol. The van der Waals surface area contributed by atoms with Gasteiger partial charge in [-0.25, -0.2) is 23.3 Å². The number of aliphatic hydroxyl groups is 3. The van der Waals surface area contributed by atoms with Crippen molar-refractivity contribution in [3.8, 4) is 0 Å². The van der Waals surface area contributed by atoms with Crippen LogP contribution in [0.5, 0.6) is 0 Å². The molecule has 0 spiro atoms. The third-order valence-electron chi connectivity index (χ3n) is 10.1. The lowest BCUT2D eigenvalue weighted by molar-refractivity contribution is -0.0384. The molecule has 3 aromatic carbocycles. The second kappa shape index (κ2) is 16.4. The molecule has 2 aliphatic rings. The van der Waals surface area contributed by atoms with Crippen molar-refractivity contribution in [3.05, 3.63) is 108 Å². The van der Waals surface area contributed by atoms with E-state index < -0.39 is 40.6 Å². The standard InChI is InChI=1S/C37H41N13O7S/c38-58(55,56)26-13-11-24(12-14-26)41-37(54)42-25-15-16-48(20-25)36-43-32(39-19-27(22-7-3-1-4-8-22)23-9-5-2-6-10-23)28-34(44-36)49(21-40-28)35-30(53)29(52)31(57-35)33-45-47-50(46-33)17-18-51/h1-14,21,25,27,29-31,35,51-53H,15-20H2,(H2,38,55,56)(H,39,43,44)(H2,41,42,54)/t25?,29-,30+,31-,35+/m0/s1. The Hall–Kier alpha value is -6.10. The average molecular weight is 812 g/mol. The molecule has 0 saturated carbocycles. The summed E-state index contributed by atoms with van der Waals surface area (Å²) in [6, 6.07) is 24.9. The van der Waals surface area contributed by atoms with Gasteiger partial charge in [0.2, 0.25) is 21.8 Å². The van der Waals surface area contributed by atoms with Gasteiger partial charge in [-0.3, -0.25) is 4.57 Å². The van der Waals surface area contributed by atoms with Gasteiger partial charge in [-0.15, -0.1) is 10.2 Å². The number of nitrogens with zero attached hydrogens (tertiary/aromatic N) is 9. The minimum atomic E-state index is -3.88. The number of hydrogen-bond acceptors (Lipinski definition) is 15. The van der Waals surface area contributed by atoms with Gasteiger partial charge in [0.15, 0.2) is 29.3 Å². The van der Waals surface area contributed by atoms with Crippen LogP contribution in [0.15, 0.2) is 96.2 Å². The maximum atomic E-state index is 13.0. The van der Waals surface area contributed by atoms with Gasteiger partial charge in [-0.2, -0.15) is 14.8 Å². The number of amides is 2. The minimum Gasteiger partial charge on any atom is -0.394 e. The lowest BCUT2D eigenvalue weighted by Gasteiger charge is -2.22. The van der Waals surface area contributed by atoms with Crippen LogP contribution in [0.2, 0.25) is 0 Å². The number of tetrazole rings is 1. The normalized spacial score (nSPS) is 20.8. The lowest BCUT2D eigenvalue weighted by Crippen LogP contribution is -2.40. The van der Waals surface area contributed by atoms with Gasteiger partial charge in [0.05, 0.1) is 24.4 Å². The third kappa shape index (κ3) is 8.16. The predicted molar refractivity (Wildman–Crippen MR) is 209 cm³/mol. The Morgan fingerprint density at radius 2 is 1.67 bits per heavy atom. The van der Waals surface area contributed by atoms with Crippen molar-refractivity contribution in [2.75, 3.05) is 41.8 Å². The first kappa shape index (κ1) is 38.8. The highest BCUT2D eigenvalue weighted by atomic mass is 32.2. The van der Waals surface area contributed by atoms with Crippen molar-refractivity contribution in [2.24, 2.45) is 5.14 Å². The predicted octanol–water partition coefficient (Wildman–Crippen LogP) is 1.09. The number of imidazole rings is 1. The van der Waals surface area contributed by atoms with Crippen LogP contribution in [0.25, 0.3) is 11.2 Å². The summed E-state index contributed by atoms with van der Waals surface area (Å²) in [6.45, 7) is 1.16. The Kier molecular flexibility index (Phi) is 11.0. The second-order valence-corrected chi connectivity index (χ2v) is 15.5. The zero-order valence-electron chi connectivity index (χ0n) is 30.9. The molecule has 6 aromatic rings. The molecule has 3 aromatic heterocycles. The fourth-order valence-electron chi connectivity index (χ4n) is 7.15. The third-order valence-corrected chi connectivity index (χ3v) is 11.0. The number of hydrogen-bond donors (Lipinski definition) is 7. The van der Waals surface area contributed by atoms with Crippen molar-refractivity contribution < 1.29 is 33.3 Å². The van der Waals surface area contributed by atoms with Crippen LogP contribution in [0.3, 0.4) is 0 Å². The molecule has 21 heteroatoms. The number of primary sulfonamides is 1. The molecule has 2 saturated heterocycles. The highest BCUT2D eigenvalue weighted by Gasteiger charge is 2.47. The summed E-state index contributed by atoms with van der Waals surface area (Å²) in [5.74, 6) is 0.730. The van der Waals surface area contributed by atoms with E-state index in [4.69, 9.17) is 19.8 Å². The van der Waals surface area contributed by atoms with Gasteiger partial charge in [-0.1, -0.05) is 60.7 Å². The molecule has 2 aliphatic heterocycles. The van der Waals surface area contributed by atoms with Gasteiger partial charge >= 0.3 is 6.03 Å². The summed E-state index contributed by atoms with van der Waals surface area (Å²) < 4.78 is 30.9. The van der Waals surface area contributed by atoms with E-state index in [1.165, 1.54) is 40.0 Å². The number of aliphatic hydroxyl groups excluding tert-OH is 3. The van der Waals surface area contributed by atoms with E-state index in [0.29, 0.717) is 54.7 Å². The van der Waals surface area contributed by atoms with Gasteiger partial charge in [0.25, 0.3) is 0 Å². The largest absolute Gasteiger partial charge is 0.394 e. The number of fused-ring (bicyclic) bond motifs is 1. The van der Waals surface area contributed by atoms with E-state index in [-0.39, 0.29) is 35.8 Å². The molecule has 8 N–H and O–H groups in total. The van der Waals surface area contributed by atoms with Crippen molar-refractivity contribution in [2.45, 2.75) is 54.4 Å². The van der Waals surface area contributed by atoms with Gasteiger partial charge in [-0.05, 0) is 47.0 Å². The summed E-state index contributed by atoms with van der Waals surface area (Å²) in [5.41, 5.74) is 3.28. The van der Waals surface area contributed by atoms with Crippen molar-refractivity contribution in [1.82, 2.24) is 45.0 Å². The number of urea groups is 1. The molecule has 5 heterocycles. The molecule has 58 heavy (non-hydrogen) atoms. The van der Waals surface area contributed by atoms with Gasteiger partial charge < -0.3 is 40.9 Å². The summed E-state index contributed by atoms with van der Waals surface area (Å²) in [5, 5.41) is 58.1. The number of carbonyl (C=O) groups excluding carboxylic acids is 1. The van der Waals surface area contributed by atoms with E-state index in [0.717, 1.165) is 11.1 Å². The Balaban J connectivity index is 1.07. The van der Waals surface area contributed by atoms with Crippen LogP contribution in [0.4, 0.5) is 22.2 Å². The molecule has 8 rings (SSSR count). The molecule has 2 amide bonds. The van der Waals surface area contributed by atoms with Crippen LogP contribution >= 0.6 is 0 Å². The Bertz CT molecular complexity index is 2430. The molecule has 20 nitrogen and oxygen atoms in total. The van der Waals surface area contributed by atoms with Crippen LogP contribution in [-0.2, 0) is 21.3 Å². The number of aromatic nitrogens is 8. The SMILES string of the molecule is NS(=O)(=O)c1ccc(NC(=O)NC2CCN(c3nc(NCC(c4ccccc4)c4ccccc4)c4ncn([C@@H]5O[C@H](c6nnn(CCO)n6)[C@@H](O)[C@H]5O)c4n3)C2)cc1. The van der Waals surface area contributed by atoms with E-state index in [1.807, 2.05) is 41.3 Å². The van der Waals surface area contributed by atoms with E-state index in [1.54, 1.807) is 0 Å². The topological polar surface area (TPSA) is 274 Å². The maximum Gasteiger partial charge on any atom is 0.319 e. The quantitative estimate of drug-likeness (QED) is 0.0860. The van der Waals surface area contributed by atoms with Gasteiger partial charge in [0.1, 0.15) is 12.2 Å². The molecule has 0 bridgehead atoms. The Morgan fingerprint density at radius 3 is 2.34 bits per heavy atom. The Labute approximate surface area is 331 Å². The highest BCUT2D eigenvalue weighted by molar-refractivity contribution is 7.89.